The number of carbonyl (C=O) groups excluding carboxylic acids is 1. The molecule has 1 N–H and O–H groups in total. The van der Waals surface area contributed by atoms with Crippen LogP contribution in [0, 0.1) is 20.8 Å². The fourth-order valence-electron chi connectivity index (χ4n) is 3.47. The number of hydrogen-bond acceptors (Lipinski definition) is 3. The number of benzene rings is 2. The van der Waals surface area contributed by atoms with E-state index < -0.39 is 6.04 Å². The highest BCUT2D eigenvalue weighted by Gasteiger charge is 2.22. The van der Waals surface area contributed by atoms with Gasteiger partial charge in [-0.15, -0.1) is 0 Å². The highest BCUT2D eigenvalue weighted by molar-refractivity contribution is 6.30. The third kappa shape index (κ3) is 3.92. The van der Waals surface area contributed by atoms with Crippen molar-refractivity contribution in [1.29, 1.82) is 0 Å². The number of rotatable bonds is 6. The van der Waals surface area contributed by atoms with Crippen molar-refractivity contribution in [3.8, 4) is 11.4 Å². The van der Waals surface area contributed by atoms with Gasteiger partial charge in [-0.2, -0.15) is 0 Å². The molecule has 146 valence electrons. The summed E-state index contributed by atoms with van der Waals surface area (Å²) in [7, 11) is 1.63. The van der Waals surface area contributed by atoms with Crippen molar-refractivity contribution in [2.75, 3.05) is 12.4 Å². The number of hydrogen-bond donors (Lipinski definition) is 1. The third-order valence-corrected chi connectivity index (χ3v) is 5.15. The number of Topliss-reactive ketones (excluding diaryl/α,β-unsaturated/α-hetero) is 1. The minimum absolute atomic E-state index is 0.0388. The van der Waals surface area contributed by atoms with E-state index in [9.17, 15) is 4.79 Å². The number of ether oxygens (including phenoxy) is 1. The first-order valence-corrected chi connectivity index (χ1v) is 9.60. The molecule has 0 amide bonds. The van der Waals surface area contributed by atoms with Crippen molar-refractivity contribution >= 4 is 23.1 Å². The molecule has 0 aliphatic heterocycles. The number of methoxy groups -OCH3 is 1. The van der Waals surface area contributed by atoms with Crippen molar-refractivity contribution in [2.24, 2.45) is 0 Å². The van der Waals surface area contributed by atoms with Crippen LogP contribution in [0.25, 0.3) is 5.69 Å². The van der Waals surface area contributed by atoms with E-state index in [0.29, 0.717) is 10.6 Å². The van der Waals surface area contributed by atoms with Gasteiger partial charge >= 0.3 is 0 Å². The highest BCUT2D eigenvalue weighted by atomic mass is 35.5. The zero-order valence-corrected chi connectivity index (χ0v) is 17.6. The summed E-state index contributed by atoms with van der Waals surface area (Å²) in [4.78, 5) is 13.2. The molecule has 1 aromatic heterocycles. The lowest BCUT2D eigenvalue weighted by atomic mass is 10.0. The zero-order valence-electron chi connectivity index (χ0n) is 16.8. The second-order valence-corrected chi connectivity index (χ2v) is 7.47. The maximum atomic E-state index is 13.2. The van der Waals surface area contributed by atoms with Gasteiger partial charge in [0.2, 0.25) is 0 Å². The monoisotopic (exact) mass is 396 g/mol. The lowest BCUT2D eigenvalue weighted by Gasteiger charge is -2.17. The third-order valence-electron chi connectivity index (χ3n) is 4.90. The number of carbonyl (C=O) groups is 1. The predicted octanol–water partition coefficient (Wildman–Crippen LogP) is 5.75. The molecule has 28 heavy (non-hydrogen) atoms. The van der Waals surface area contributed by atoms with Crippen LogP contribution in [0.4, 0.5) is 5.69 Å². The van der Waals surface area contributed by atoms with Crippen LogP contribution in [0.15, 0.2) is 48.5 Å². The second-order valence-electron chi connectivity index (χ2n) is 7.03. The molecule has 3 aromatic rings. The van der Waals surface area contributed by atoms with Crippen molar-refractivity contribution in [3.05, 3.63) is 76.1 Å². The lowest BCUT2D eigenvalue weighted by Crippen LogP contribution is -2.27. The molecule has 0 saturated carbocycles. The number of nitrogens with zero attached hydrogens (tertiary/aromatic N) is 1. The Labute approximate surface area is 171 Å². The zero-order chi connectivity index (χ0) is 20.4. The van der Waals surface area contributed by atoms with Gasteiger partial charge in [0.25, 0.3) is 0 Å². The van der Waals surface area contributed by atoms with E-state index in [1.165, 1.54) is 0 Å². The van der Waals surface area contributed by atoms with E-state index in [1.807, 2.05) is 76.2 Å². The average Bonchev–Trinajstić information content (AvgIpc) is 2.96. The van der Waals surface area contributed by atoms with Crippen LogP contribution in [0.2, 0.25) is 5.02 Å². The summed E-state index contributed by atoms with van der Waals surface area (Å²) in [6.07, 6.45) is 0. The molecular weight excluding hydrogens is 372 g/mol. The number of aryl methyl sites for hydroxylation is 2. The normalized spacial score (nSPS) is 11.9. The fraction of sp³-hybridized carbons (Fsp3) is 0.261. The summed E-state index contributed by atoms with van der Waals surface area (Å²) < 4.78 is 7.49. The molecule has 0 bridgehead atoms. The summed E-state index contributed by atoms with van der Waals surface area (Å²) >= 11 is 6.01. The number of ketones is 1. The Hall–Kier alpha value is -2.72. The molecule has 4 nitrogen and oxygen atoms in total. The van der Waals surface area contributed by atoms with Crippen molar-refractivity contribution in [2.45, 2.75) is 33.7 Å². The Balaban J connectivity index is 1.90. The van der Waals surface area contributed by atoms with Gasteiger partial charge in [-0.3, -0.25) is 4.79 Å². The summed E-state index contributed by atoms with van der Waals surface area (Å²) in [5, 5.41) is 3.99. The van der Waals surface area contributed by atoms with Crippen molar-refractivity contribution < 1.29 is 9.53 Å². The van der Waals surface area contributed by atoms with Gasteiger partial charge in [-0.1, -0.05) is 17.7 Å². The summed E-state index contributed by atoms with van der Waals surface area (Å²) in [5.74, 6) is 0.758. The van der Waals surface area contributed by atoms with E-state index >= 15 is 0 Å². The minimum Gasteiger partial charge on any atom is -0.495 e. The van der Waals surface area contributed by atoms with E-state index in [4.69, 9.17) is 16.3 Å². The molecule has 1 heterocycles. The van der Waals surface area contributed by atoms with Crippen molar-refractivity contribution in [3.63, 3.8) is 0 Å². The van der Waals surface area contributed by atoms with Gasteiger partial charge in [0.05, 0.1) is 18.8 Å². The highest BCUT2D eigenvalue weighted by Crippen LogP contribution is 2.28. The first kappa shape index (κ1) is 20.0. The quantitative estimate of drug-likeness (QED) is 0.539. The van der Waals surface area contributed by atoms with Gasteiger partial charge in [-0.25, -0.2) is 0 Å². The van der Waals surface area contributed by atoms with Gasteiger partial charge in [0.15, 0.2) is 5.78 Å². The Morgan fingerprint density at radius 2 is 1.75 bits per heavy atom. The number of aromatic nitrogens is 1. The smallest absolute Gasteiger partial charge is 0.186 e. The molecule has 0 saturated heterocycles. The SMILES string of the molecule is COc1ccc(C)cc1N[C@H](C)C(=O)c1cc(C)n(-c2ccc(Cl)cc2)c1C. The lowest BCUT2D eigenvalue weighted by molar-refractivity contribution is 0.0975. The van der Waals surface area contributed by atoms with Crippen LogP contribution in [0.1, 0.15) is 34.2 Å². The molecule has 0 spiro atoms. The van der Waals surface area contributed by atoms with Crippen LogP contribution in [-0.2, 0) is 0 Å². The Bertz CT molecular complexity index is 1010. The van der Waals surface area contributed by atoms with Gasteiger partial charge in [0, 0.05) is 27.7 Å². The van der Waals surface area contributed by atoms with E-state index in [1.54, 1.807) is 7.11 Å². The first-order chi connectivity index (χ1) is 13.3. The number of halogens is 1. The van der Waals surface area contributed by atoms with Crippen LogP contribution in [0.5, 0.6) is 5.75 Å². The van der Waals surface area contributed by atoms with E-state index in [0.717, 1.165) is 34.1 Å². The molecule has 0 unspecified atom stereocenters. The summed E-state index contributed by atoms with van der Waals surface area (Å²) in [6, 6.07) is 15.0. The molecule has 5 heteroatoms. The predicted molar refractivity (Wildman–Crippen MR) is 115 cm³/mol. The molecule has 0 aliphatic rings. The van der Waals surface area contributed by atoms with E-state index in [-0.39, 0.29) is 5.78 Å². The maximum absolute atomic E-state index is 13.2. The van der Waals surface area contributed by atoms with Crippen LogP contribution in [0.3, 0.4) is 0 Å². The fourth-order valence-corrected chi connectivity index (χ4v) is 3.59. The standard InChI is InChI=1S/C23H25ClN2O2/c1-14-6-11-22(28-5)21(12-14)25-16(3)23(27)20-13-15(2)26(17(20)4)19-9-7-18(24)8-10-19/h6-13,16,25H,1-5H3/t16-/m1/s1. The molecule has 1 atom stereocenters. The van der Waals surface area contributed by atoms with Crippen molar-refractivity contribution in [1.82, 2.24) is 4.57 Å². The average molecular weight is 397 g/mol. The molecule has 0 radical (unpaired) electrons. The topological polar surface area (TPSA) is 43.3 Å². The van der Waals surface area contributed by atoms with Crippen LogP contribution in [-0.4, -0.2) is 23.5 Å². The Morgan fingerprint density at radius 1 is 1.07 bits per heavy atom. The number of anilines is 1. The second kappa shape index (κ2) is 8.11. The van der Waals surface area contributed by atoms with Crippen LogP contribution < -0.4 is 10.1 Å². The summed E-state index contributed by atoms with van der Waals surface area (Å²) in [5.41, 5.74) is 5.52. The maximum Gasteiger partial charge on any atom is 0.186 e. The van der Waals surface area contributed by atoms with Gasteiger partial charge in [-0.05, 0) is 75.7 Å². The Morgan fingerprint density at radius 3 is 2.39 bits per heavy atom. The van der Waals surface area contributed by atoms with Gasteiger partial charge < -0.3 is 14.6 Å². The number of nitrogens with one attached hydrogen (secondary N) is 1. The van der Waals surface area contributed by atoms with Crippen LogP contribution >= 0.6 is 11.6 Å². The van der Waals surface area contributed by atoms with Gasteiger partial charge in [0.1, 0.15) is 5.75 Å². The first-order valence-electron chi connectivity index (χ1n) is 9.22. The Kier molecular flexibility index (Phi) is 5.80. The molecule has 2 aromatic carbocycles. The molecule has 0 fully saturated rings. The molecular formula is C23H25ClN2O2. The largest absolute Gasteiger partial charge is 0.495 e. The molecule has 0 aliphatic carbocycles. The molecule has 3 rings (SSSR count). The minimum atomic E-state index is -0.394. The summed E-state index contributed by atoms with van der Waals surface area (Å²) in [6.45, 7) is 7.85. The van der Waals surface area contributed by atoms with E-state index in [2.05, 4.69) is 9.88 Å².